The van der Waals surface area contributed by atoms with Gasteiger partial charge in [-0.1, -0.05) is 32.9 Å². The minimum atomic E-state index is -3.62. The van der Waals surface area contributed by atoms with E-state index >= 15 is 0 Å². The fraction of sp³-hybridized carbons (Fsp3) is 0.500. The largest absolute Gasteiger partial charge is 0.340 e. The van der Waals surface area contributed by atoms with Crippen LogP contribution >= 0.6 is 0 Å². The fourth-order valence-corrected chi connectivity index (χ4v) is 5.42. The molecule has 1 fully saturated rings. The molecule has 2 amide bonds. The second-order valence-electron chi connectivity index (χ2n) is 9.65. The molecular weight excluding hydrogens is 454 g/mol. The monoisotopic (exact) mass is 487 g/mol. The lowest BCUT2D eigenvalue weighted by Gasteiger charge is -2.34. The highest BCUT2D eigenvalue weighted by Gasteiger charge is 2.31. The van der Waals surface area contributed by atoms with Crippen LogP contribution < -0.4 is 5.32 Å². The minimum absolute atomic E-state index is 0.0286. The maximum Gasteiger partial charge on any atom is 0.243 e. The Hall–Kier alpha value is -2.85. The number of nitrogens with one attached hydrogen (secondary N) is 1. The summed E-state index contributed by atoms with van der Waals surface area (Å²) in [5.74, 6) is 0.217. The van der Waals surface area contributed by atoms with Gasteiger partial charge in [0.2, 0.25) is 21.8 Å². The molecule has 34 heavy (non-hydrogen) atoms. The summed E-state index contributed by atoms with van der Waals surface area (Å²) in [6.07, 6.45) is 3.20. The molecule has 9 nitrogen and oxygen atoms in total. The van der Waals surface area contributed by atoms with Crippen LogP contribution in [0.1, 0.15) is 50.6 Å². The van der Waals surface area contributed by atoms with Crippen LogP contribution in [0.4, 0.5) is 5.69 Å². The van der Waals surface area contributed by atoms with Crippen LogP contribution in [0, 0.1) is 13.8 Å². The predicted octanol–water partition coefficient (Wildman–Crippen LogP) is 2.64. The number of anilines is 1. The molecule has 0 atom stereocenters. The molecule has 1 N–H and O–H groups in total. The number of rotatable bonds is 6. The van der Waals surface area contributed by atoms with E-state index in [1.165, 1.54) is 4.31 Å². The van der Waals surface area contributed by atoms with Crippen LogP contribution in [0.5, 0.6) is 0 Å². The van der Waals surface area contributed by atoms with Gasteiger partial charge in [-0.05, 0) is 31.0 Å². The Kier molecular flexibility index (Phi) is 7.72. The number of nitrogens with zero attached hydrogens (tertiary/aromatic N) is 4. The summed E-state index contributed by atoms with van der Waals surface area (Å²) in [5, 5.41) is 2.71. The number of sulfonamides is 1. The Bertz CT molecular complexity index is 1150. The molecule has 0 bridgehead atoms. The number of benzene rings is 1. The SMILES string of the molecule is Cc1ccc(C)c(S(=O)(=O)N2CCN(C(=O)CCC(=O)Nc3cnc(C(C)(C)C)nc3)CC2)c1. The van der Waals surface area contributed by atoms with Gasteiger partial charge in [0.15, 0.2) is 0 Å². The lowest BCUT2D eigenvalue weighted by atomic mass is 9.96. The van der Waals surface area contributed by atoms with E-state index in [1.54, 1.807) is 36.4 Å². The molecule has 184 valence electrons. The van der Waals surface area contributed by atoms with Crippen molar-refractivity contribution in [2.75, 3.05) is 31.5 Å². The van der Waals surface area contributed by atoms with Crippen molar-refractivity contribution in [2.24, 2.45) is 0 Å². The van der Waals surface area contributed by atoms with E-state index in [9.17, 15) is 18.0 Å². The summed E-state index contributed by atoms with van der Waals surface area (Å²) in [4.78, 5) is 35.3. The maximum absolute atomic E-state index is 13.1. The van der Waals surface area contributed by atoms with Gasteiger partial charge in [-0.2, -0.15) is 4.31 Å². The van der Waals surface area contributed by atoms with Crippen LogP contribution in [0.25, 0.3) is 0 Å². The highest BCUT2D eigenvalue weighted by atomic mass is 32.2. The lowest BCUT2D eigenvalue weighted by molar-refractivity contribution is -0.133. The number of aromatic nitrogens is 2. The maximum atomic E-state index is 13.1. The van der Waals surface area contributed by atoms with E-state index < -0.39 is 10.0 Å². The van der Waals surface area contributed by atoms with E-state index in [1.807, 2.05) is 33.8 Å². The molecule has 1 saturated heterocycles. The van der Waals surface area contributed by atoms with Crippen LogP contribution in [-0.4, -0.2) is 65.6 Å². The van der Waals surface area contributed by atoms with Crippen LogP contribution in [0.2, 0.25) is 0 Å². The molecule has 0 saturated carbocycles. The van der Waals surface area contributed by atoms with Crippen molar-refractivity contribution >= 4 is 27.5 Å². The second kappa shape index (κ2) is 10.2. The topological polar surface area (TPSA) is 113 Å². The summed E-state index contributed by atoms with van der Waals surface area (Å²) >= 11 is 0. The Morgan fingerprint density at radius 1 is 1.00 bits per heavy atom. The Balaban J connectivity index is 1.49. The van der Waals surface area contributed by atoms with E-state index in [-0.39, 0.29) is 43.2 Å². The summed E-state index contributed by atoms with van der Waals surface area (Å²) < 4.78 is 27.5. The number of aryl methyl sites for hydroxylation is 2. The fourth-order valence-electron chi connectivity index (χ4n) is 3.68. The highest BCUT2D eigenvalue weighted by molar-refractivity contribution is 7.89. The zero-order valence-electron chi connectivity index (χ0n) is 20.5. The minimum Gasteiger partial charge on any atom is -0.340 e. The van der Waals surface area contributed by atoms with Gasteiger partial charge in [0, 0.05) is 44.4 Å². The molecule has 0 unspecified atom stereocenters. The molecule has 1 aliphatic heterocycles. The smallest absolute Gasteiger partial charge is 0.243 e. The third-order valence-corrected chi connectivity index (χ3v) is 7.77. The molecule has 3 rings (SSSR count). The van der Waals surface area contributed by atoms with Crippen molar-refractivity contribution in [1.29, 1.82) is 0 Å². The van der Waals surface area contributed by atoms with E-state index in [0.717, 1.165) is 5.56 Å². The molecule has 1 aliphatic rings. The lowest BCUT2D eigenvalue weighted by Crippen LogP contribution is -2.50. The first kappa shape index (κ1) is 25.8. The summed E-state index contributed by atoms with van der Waals surface area (Å²) in [6.45, 7) is 10.7. The molecular formula is C24H33N5O4S. The molecule has 10 heteroatoms. The highest BCUT2D eigenvalue weighted by Crippen LogP contribution is 2.23. The van der Waals surface area contributed by atoms with Crippen LogP contribution in [0.15, 0.2) is 35.5 Å². The van der Waals surface area contributed by atoms with Crippen molar-refractivity contribution < 1.29 is 18.0 Å². The molecule has 0 radical (unpaired) electrons. The normalized spacial score (nSPS) is 15.3. The van der Waals surface area contributed by atoms with E-state index in [0.29, 0.717) is 35.1 Å². The molecule has 1 aromatic heterocycles. The Morgan fingerprint density at radius 2 is 1.62 bits per heavy atom. The predicted molar refractivity (Wildman–Crippen MR) is 130 cm³/mol. The van der Waals surface area contributed by atoms with Gasteiger partial charge in [0.1, 0.15) is 5.82 Å². The van der Waals surface area contributed by atoms with Gasteiger partial charge in [0.05, 0.1) is 23.0 Å². The van der Waals surface area contributed by atoms with Gasteiger partial charge in [0.25, 0.3) is 0 Å². The summed E-state index contributed by atoms with van der Waals surface area (Å²) in [6, 6.07) is 5.37. The van der Waals surface area contributed by atoms with Crippen molar-refractivity contribution in [3.63, 3.8) is 0 Å². The average Bonchev–Trinajstić information content (AvgIpc) is 2.79. The first-order chi connectivity index (χ1) is 15.9. The first-order valence-electron chi connectivity index (χ1n) is 11.4. The van der Waals surface area contributed by atoms with Gasteiger partial charge in [-0.3, -0.25) is 9.59 Å². The zero-order valence-corrected chi connectivity index (χ0v) is 21.3. The Morgan fingerprint density at radius 3 is 2.21 bits per heavy atom. The summed E-state index contributed by atoms with van der Waals surface area (Å²) in [7, 11) is -3.62. The van der Waals surface area contributed by atoms with Gasteiger partial charge >= 0.3 is 0 Å². The molecule has 0 aliphatic carbocycles. The standard InChI is InChI=1S/C24H33N5O4S/c1-17-6-7-18(2)20(14-17)34(32,33)29-12-10-28(11-13-29)22(31)9-8-21(30)27-19-15-25-23(26-16-19)24(3,4)5/h6-7,14-16H,8-13H2,1-5H3,(H,27,30). The quantitative estimate of drug-likeness (QED) is 0.670. The van der Waals surface area contributed by atoms with Gasteiger partial charge in [-0.15, -0.1) is 0 Å². The average molecular weight is 488 g/mol. The third-order valence-electron chi connectivity index (χ3n) is 5.73. The zero-order chi connectivity index (χ0) is 25.1. The number of carbonyl (C=O) groups is 2. The number of piperazine rings is 1. The third kappa shape index (κ3) is 6.18. The number of hydrogen-bond acceptors (Lipinski definition) is 6. The van der Waals surface area contributed by atoms with Crippen molar-refractivity contribution in [2.45, 2.75) is 57.8 Å². The van der Waals surface area contributed by atoms with Crippen molar-refractivity contribution in [3.8, 4) is 0 Å². The molecule has 2 heterocycles. The Labute approximate surface area is 201 Å². The van der Waals surface area contributed by atoms with Crippen LogP contribution in [-0.2, 0) is 25.0 Å². The summed E-state index contributed by atoms with van der Waals surface area (Å²) in [5.41, 5.74) is 1.88. The first-order valence-corrected chi connectivity index (χ1v) is 12.8. The van der Waals surface area contributed by atoms with Crippen LogP contribution in [0.3, 0.4) is 0 Å². The number of amides is 2. The van der Waals surface area contributed by atoms with E-state index in [2.05, 4.69) is 15.3 Å². The number of hydrogen-bond donors (Lipinski definition) is 1. The van der Waals surface area contributed by atoms with Gasteiger partial charge in [-0.25, -0.2) is 18.4 Å². The van der Waals surface area contributed by atoms with Crippen molar-refractivity contribution in [1.82, 2.24) is 19.2 Å². The number of carbonyl (C=O) groups excluding carboxylic acids is 2. The second-order valence-corrected chi connectivity index (χ2v) is 11.6. The molecule has 1 aromatic carbocycles. The molecule has 2 aromatic rings. The van der Waals surface area contributed by atoms with Gasteiger partial charge < -0.3 is 10.2 Å². The molecule has 0 spiro atoms. The van der Waals surface area contributed by atoms with Crippen molar-refractivity contribution in [3.05, 3.63) is 47.5 Å². The van der Waals surface area contributed by atoms with E-state index in [4.69, 9.17) is 0 Å².